The molecule has 0 spiro atoms. The number of benzene rings is 2. The average Bonchev–Trinajstić information content (AvgIpc) is 3.31. The molecule has 1 saturated heterocycles. The lowest BCUT2D eigenvalue weighted by Gasteiger charge is -2.33. The maximum absolute atomic E-state index is 13.4. The zero-order valence-electron chi connectivity index (χ0n) is 17.5. The van der Waals surface area contributed by atoms with Crippen LogP contribution < -0.4 is 4.90 Å². The number of carbonyl (C=O) groups excluding carboxylic acids is 1. The minimum atomic E-state index is -3.55. The van der Waals surface area contributed by atoms with Gasteiger partial charge < -0.3 is 9.32 Å². The first-order valence-corrected chi connectivity index (χ1v) is 11.8. The first-order chi connectivity index (χ1) is 14.9. The van der Waals surface area contributed by atoms with Gasteiger partial charge in [-0.3, -0.25) is 4.79 Å². The van der Waals surface area contributed by atoms with Gasteiger partial charge in [-0.25, -0.2) is 8.42 Å². The first kappa shape index (κ1) is 21.3. The topological polar surface area (TPSA) is 70.8 Å². The van der Waals surface area contributed by atoms with E-state index in [0.29, 0.717) is 43.1 Å². The molecule has 0 saturated carbocycles. The van der Waals surface area contributed by atoms with Crippen LogP contribution >= 0.6 is 0 Å². The van der Waals surface area contributed by atoms with Crippen molar-refractivity contribution in [1.29, 1.82) is 0 Å². The van der Waals surface area contributed by atoms with Crippen molar-refractivity contribution in [3.8, 4) is 0 Å². The molecule has 0 unspecified atom stereocenters. The number of hydrogen-bond donors (Lipinski definition) is 0. The zero-order chi connectivity index (χ0) is 21.8. The van der Waals surface area contributed by atoms with Gasteiger partial charge in [-0.15, -0.1) is 0 Å². The summed E-state index contributed by atoms with van der Waals surface area (Å²) in [5.41, 5.74) is 1.82. The molecule has 1 amide bonds. The Labute approximate surface area is 183 Å². The van der Waals surface area contributed by atoms with Gasteiger partial charge in [0, 0.05) is 24.7 Å². The molecule has 1 aliphatic heterocycles. The number of furan rings is 1. The van der Waals surface area contributed by atoms with E-state index in [1.54, 1.807) is 41.5 Å². The molecule has 6 nitrogen and oxygen atoms in total. The highest BCUT2D eigenvalue weighted by Crippen LogP contribution is 2.28. The van der Waals surface area contributed by atoms with Gasteiger partial charge in [-0.05, 0) is 56.2 Å². The third kappa shape index (κ3) is 4.73. The fourth-order valence-corrected chi connectivity index (χ4v) is 5.36. The highest BCUT2D eigenvalue weighted by molar-refractivity contribution is 7.89. The lowest BCUT2D eigenvalue weighted by molar-refractivity contribution is -0.123. The number of sulfonamides is 1. The normalized spacial score (nSPS) is 15.6. The number of piperidine rings is 1. The summed E-state index contributed by atoms with van der Waals surface area (Å²) in [4.78, 5) is 15.4. The van der Waals surface area contributed by atoms with Crippen molar-refractivity contribution in [2.75, 3.05) is 18.0 Å². The third-order valence-electron chi connectivity index (χ3n) is 5.69. The van der Waals surface area contributed by atoms with Gasteiger partial charge in [0.05, 0.1) is 17.7 Å². The second-order valence-corrected chi connectivity index (χ2v) is 9.77. The summed E-state index contributed by atoms with van der Waals surface area (Å²) in [6, 6.07) is 20.0. The summed E-state index contributed by atoms with van der Waals surface area (Å²) in [6.07, 6.45) is 2.58. The second-order valence-electron chi connectivity index (χ2n) is 7.83. The van der Waals surface area contributed by atoms with Crippen LogP contribution in [0.5, 0.6) is 0 Å². The van der Waals surface area contributed by atoms with Crippen LogP contribution in [0.25, 0.3) is 0 Å². The molecule has 2 heterocycles. The monoisotopic (exact) mass is 438 g/mol. The minimum absolute atomic E-state index is 0.00464. The predicted molar refractivity (Wildman–Crippen MR) is 119 cm³/mol. The molecular formula is C24H26N2O4S. The highest BCUT2D eigenvalue weighted by atomic mass is 32.2. The van der Waals surface area contributed by atoms with E-state index in [1.165, 1.54) is 4.31 Å². The Morgan fingerprint density at radius 2 is 1.68 bits per heavy atom. The molecule has 1 aromatic heterocycles. The van der Waals surface area contributed by atoms with Crippen molar-refractivity contribution >= 4 is 21.6 Å². The predicted octanol–water partition coefficient (Wildman–Crippen LogP) is 4.22. The van der Waals surface area contributed by atoms with E-state index in [-0.39, 0.29) is 11.8 Å². The van der Waals surface area contributed by atoms with E-state index >= 15 is 0 Å². The van der Waals surface area contributed by atoms with E-state index in [4.69, 9.17) is 4.42 Å². The highest BCUT2D eigenvalue weighted by Gasteiger charge is 2.34. The number of para-hydroxylation sites is 1. The number of anilines is 1. The van der Waals surface area contributed by atoms with Crippen molar-refractivity contribution in [2.24, 2.45) is 5.92 Å². The van der Waals surface area contributed by atoms with Crippen LogP contribution in [0.15, 0.2) is 82.3 Å². The van der Waals surface area contributed by atoms with Crippen molar-refractivity contribution in [2.45, 2.75) is 31.2 Å². The van der Waals surface area contributed by atoms with Crippen LogP contribution in [0.1, 0.15) is 24.2 Å². The van der Waals surface area contributed by atoms with E-state index in [9.17, 15) is 13.2 Å². The second kappa shape index (κ2) is 9.08. The summed E-state index contributed by atoms with van der Waals surface area (Å²) in [7, 11) is -3.55. The summed E-state index contributed by atoms with van der Waals surface area (Å²) in [5.74, 6) is 0.464. The van der Waals surface area contributed by atoms with Crippen molar-refractivity contribution in [1.82, 2.24) is 4.31 Å². The molecule has 162 valence electrons. The molecule has 0 aliphatic carbocycles. The Bertz CT molecular complexity index is 1100. The van der Waals surface area contributed by atoms with Crippen LogP contribution in [0, 0.1) is 12.8 Å². The quantitative estimate of drug-likeness (QED) is 0.578. The van der Waals surface area contributed by atoms with Crippen LogP contribution in [0.4, 0.5) is 5.69 Å². The number of amides is 1. The van der Waals surface area contributed by atoms with Gasteiger partial charge in [-0.1, -0.05) is 35.9 Å². The van der Waals surface area contributed by atoms with Gasteiger partial charge in [0.15, 0.2) is 0 Å². The molecule has 1 fully saturated rings. The first-order valence-electron chi connectivity index (χ1n) is 10.4. The van der Waals surface area contributed by atoms with Gasteiger partial charge in [0.25, 0.3) is 0 Å². The van der Waals surface area contributed by atoms with Crippen molar-refractivity contribution in [3.63, 3.8) is 0 Å². The van der Waals surface area contributed by atoms with Gasteiger partial charge in [0.2, 0.25) is 15.9 Å². The number of nitrogens with zero attached hydrogens (tertiary/aromatic N) is 2. The van der Waals surface area contributed by atoms with E-state index in [2.05, 4.69) is 0 Å². The molecule has 7 heteroatoms. The van der Waals surface area contributed by atoms with Crippen LogP contribution in [0.2, 0.25) is 0 Å². The maximum atomic E-state index is 13.4. The Kier molecular flexibility index (Phi) is 6.25. The summed E-state index contributed by atoms with van der Waals surface area (Å²) < 4.78 is 32.9. The van der Waals surface area contributed by atoms with Crippen LogP contribution in [-0.2, 0) is 21.4 Å². The average molecular weight is 439 g/mol. The maximum Gasteiger partial charge on any atom is 0.243 e. The largest absolute Gasteiger partial charge is 0.467 e. The smallest absolute Gasteiger partial charge is 0.243 e. The zero-order valence-corrected chi connectivity index (χ0v) is 18.3. The number of rotatable bonds is 6. The van der Waals surface area contributed by atoms with Crippen molar-refractivity contribution in [3.05, 3.63) is 84.3 Å². The SMILES string of the molecule is Cc1ccc(S(=O)(=O)N2CCC(C(=O)N(Cc3ccco3)c3ccccc3)CC2)cc1. The summed E-state index contributed by atoms with van der Waals surface area (Å²) in [6.45, 7) is 2.93. The summed E-state index contributed by atoms with van der Waals surface area (Å²) in [5, 5.41) is 0. The summed E-state index contributed by atoms with van der Waals surface area (Å²) >= 11 is 0. The van der Waals surface area contributed by atoms with Crippen molar-refractivity contribution < 1.29 is 17.6 Å². The van der Waals surface area contributed by atoms with Crippen LogP contribution in [-0.4, -0.2) is 31.7 Å². The molecule has 0 N–H and O–H groups in total. The Balaban J connectivity index is 1.47. The molecule has 2 aromatic carbocycles. The fourth-order valence-electron chi connectivity index (χ4n) is 3.89. The molecule has 31 heavy (non-hydrogen) atoms. The molecule has 0 radical (unpaired) electrons. The molecule has 4 rings (SSSR count). The van der Waals surface area contributed by atoms with Gasteiger partial charge in [-0.2, -0.15) is 4.31 Å². The lowest BCUT2D eigenvalue weighted by atomic mass is 9.96. The number of carbonyl (C=O) groups is 1. The van der Waals surface area contributed by atoms with Gasteiger partial charge in [0.1, 0.15) is 5.76 Å². The molecular weight excluding hydrogens is 412 g/mol. The van der Waals surface area contributed by atoms with Crippen LogP contribution in [0.3, 0.4) is 0 Å². The molecule has 0 bridgehead atoms. The Morgan fingerprint density at radius 1 is 1.00 bits per heavy atom. The number of aryl methyl sites for hydroxylation is 1. The standard InChI is InChI=1S/C24H26N2O4S/c1-19-9-11-23(12-10-19)31(28,29)25-15-13-20(14-16-25)24(27)26(18-22-8-5-17-30-22)21-6-3-2-4-7-21/h2-12,17,20H,13-16,18H2,1H3. The fraction of sp³-hybridized carbons (Fsp3) is 0.292. The van der Waals surface area contributed by atoms with E-state index in [0.717, 1.165) is 11.3 Å². The molecule has 1 aliphatic rings. The lowest BCUT2D eigenvalue weighted by Crippen LogP contribution is -2.44. The number of hydrogen-bond acceptors (Lipinski definition) is 4. The van der Waals surface area contributed by atoms with E-state index in [1.807, 2.05) is 43.3 Å². The van der Waals surface area contributed by atoms with Gasteiger partial charge >= 0.3 is 0 Å². The molecule has 3 aromatic rings. The van der Waals surface area contributed by atoms with E-state index < -0.39 is 10.0 Å². The Morgan fingerprint density at radius 3 is 2.29 bits per heavy atom. The minimum Gasteiger partial charge on any atom is -0.467 e. The molecule has 0 atom stereocenters. The Hall–Kier alpha value is -2.90. The third-order valence-corrected chi connectivity index (χ3v) is 7.60.